The van der Waals surface area contributed by atoms with E-state index in [1.807, 2.05) is 0 Å². The Kier molecular flexibility index (Phi) is 5.18. The largest absolute Gasteiger partial charge is 0.481 e. The first-order valence-corrected chi connectivity index (χ1v) is 7.84. The molecule has 0 aromatic carbocycles. The highest BCUT2D eigenvalue weighted by Crippen LogP contribution is 2.32. The van der Waals surface area contributed by atoms with Gasteiger partial charge in [0, 0.05) is 0 Å². The van der Waals surface area contributed by atoms with Gasteiger partial charge in [0.15, 0.2) is 23.2 Å². The van der Waals surface area contributed by atoms with Gasteiger partial charge in [-0.3, -0.25) is 9.36 Å². The van der Waals surface area contributed by atoms with Gasteiger partial charge in [0.2, 0.25) is 0 Å². The molecule has 2 aromatic rings. The third-order valence-electron chi connectivity index (χ3n) is 4.14. The number of nitrogens with one attached hydrogen (secondary N) is 1. The Bertz CT molecular complexity index is 857. The number of anilines is 1. The number of carbonyl (C=O) groups is 2. The van der Waals surface area contributed by atoms with Crippen LogP contribution in [0.15, 0.2) is 12.7 Å². The Balaban J connectivity index is 1.93. The lowest BCUT2D eigenvalue weighted by atomic mass is 10.1. The van der Waals surface area contributed by atoms with E-state index in [2.05, 4.69) is 20.3 Å². The topological polar surface area (TPSA) is 200 Å². The average molecular weight is 383 g/mol. The molecular formula is C14H17N5O8. The standard InChI is InChI=1S/C14H17N5O8/c20-2-6-9(23)10(24)13(27-6)19-4-17-8-11(15-3-16-12(8)19)18-5(14(25)26)1-7(21)22/h3-6,9-10,13,20,23-24H,1-2H2,(H,21,22)(H,25,26)(H,15,16,18)/t5-,6+,9-,10+,13-/m0/s1. The molecule has 13 heteroatoms. The maximum Gasteiger partial charge on any atom is 0.326 e. The molecule has 0 aliphatic carbocycles. The van der Waals surface area contributed by atoms with Crippen LogP contribution in [0.4, 0.5) is 5.82 Å². The van der Waals surface area contributed by atoms with E-state index in [0.29, 0.717) is 0 Å². The number of aromatic nitrogens is 4. The molecular weight excluding hydrogens is 366 g/mol. The van der Waals surface area contributed by atoms with Crippen LogP contribution in [0, 0.1) is 0 Å². The van der Waals surface area contributed by atoms with Gasteiger partial charge < -0.3 is 35.6 Å². The summed E-state index contributed by atoms with van der Waals surface area (Å²) in [5, 5.41) is 49.7. The average Bonchev–Trinajstić information content (AvgIpc) is 3.16. The predicted octanol–water partition coefficient (Wildman–Crippen LogP) is -2.22. The number of aliphatic hydroxyl groups is 3. The summed E-state index contributed by atoms with van der Waals surface area (Å²) in [5.41, 5.74) is 0.272. The van der Waals surface area contributed by atoms with Crippen molar-refractivity contribution in [2.45, 2.75) is 37.0 Å². The van der Waals surface area contributed by atoms with Crippen LogP contribution in [-0.4, -0.2) is 88.0 Å². The summed E-state index contributed by atoms with van der Waals surface area (Å²) >= 11 is 0. The highest BCUT2D eigenvalue weighted by atomic mass is 16.6. The minimum Gasteiger partial charge on any atom is -0.481 e. The minimum absolute atomic E-state index is 0.0147. The SMILES string of the molecule is O=C(O)C[C@H](Nc1ncnc2c1ncn2[C@H]1O[C@H](CO)[C@H](O)[C@H]1O)C(=O)O. The molecule has 1 saturated heterocycles. The Morgan fingerprint density at radius 3 is 2.56 bits per heavy atom. The fraction of sp³-hybridized carbons (Fsp3) is 0.500. The summed E-state index contributed by atoms with van der Waals surface area (Å²) in [6.07, 6.45) is -3.08. The van der Waals surface area contributed by atoms with E-state index in [1.54, 1.807) is 0 Å². The van der Waals surface area contributed by atoms with Gasteiger partial charge in [-0.2, -0.15) is 0 Å². The van der Waals surface area contributed by atoms with E-state index in [9.17, 15) is 24.9 Å². The Morgan fingerprint density at radius 2 is 1.96 bits per heavy atom. The van der Waals surface area contributed by atoms with Gasteiger partial charge in [0.25, 0.3) is 0 Å². The summed E-state index contributed by atoms with van der Waals surface area (Å²) in [5.74, 6) is -2.71. The molecule has 2 aromatic heterocycles. The molecule has 1 fully saturated rings. The first-order chi connectivity index (χ1) is 12.8. The number of aliphatic carboxylic acids is 2. The van der Waals surface area contributed by atoms with Crippen LogP contribution in [0.2, 0.25) is 0 Å². The van der Waals surface area contributed by atoms with Crippen LogP contribution in [0.3, 0.4) is 0 Å². The quantitative estimate of drug-likeness (QED) is 0.301. The Hall–Kier alpha value is -2.87. The van der Waals surface area contributed by atoms with Gasteiger partial charge >= 0.3 is 11.9 Å². The molecule has 3 heterocycles. The summed E-state index contributed by atoms with van der Waals surface area (Å²) in [6, 6.07) is -1.44. The van der Waals surface area contributed by atoms with Gasteiger partial charge in [0.1, 0.15) is 30.7 Å². The summed E-state index contributed by atoms with van der Waals surface area (Å²) < 4.78 is 6.72. The van der Waals surface area contributed by atoms with E-state index < -0.39 is 55.5 Å². The first-order valence-electron chi connectivity index (χ1n) is 7.84. The number of hydrogen-bond donors (Lipinski definition) is 6. The zero-order valence-corrected chi connectivity index (χ0v) is 13.7. The Labute approximate surface area is 150 Å². The summed E-state index contributed by atoms with van der Waals surface area (Å²) in [6.45, 7) is -0.501. The Morgan fingerprint density at radius 1 is 1.22 bits per heavy atom. The van der Waals surface area contributed by atoms with E-state index in [0.717, 1.165) is 6.33 Å². The van der Waals surface area contributed by atoms with Crippen molar-refractivity contribution in [3.8, 4) is 0 Å². The molecule has 13 nitrogen and oxygen atoms in total. The zero-order valence-electron chi connectivity index (χ0n) is 13.7. The molecule has 0 unspecified atom stereocenters. The third-order valence-corrected chi connectivity index (χ3v) is 4.14. The van der Waals surface area contributed by atoms with Crippen molar-refractivity contribution in [1.29, 1.82) is 0 Å². The molecule has 146 valence electrons. The molecule has 5 atom stereocenters. The number of carboxylic acid groups (broad SMARTS) is 2. The number of hydrogen-bond acceptors (Lipinski definition) is 10. The molecule has 0 radical (unpaired) electrons. The molecule has 3 rings (SSSR count). The second-order valence-corrected chi connectivity index (χ2v) is 5.91. The van der Waals surface area contributed by atoms with Crippen molar-refractivity contribution < 1.29 is 39.9 Å². The number of ether oxygens (including phenoxy) is 1. The van der Waals surface area contributed by atoms with Crippen molar-refractivity contribution in [3.05, 3.63) is 12.7 Å². The summed E-state index contributed by atoms with van der Waals surface area (Å²) in [4.78, 5) is 34.0. The third kappa shape index (κ3) is 3.52. The maximum absolute atomic E-state index is 11.2. The van der Waals surface area contributed by atoms with Gasteiger partial charge in [-0.25, -0.2) is 19.7 Å². The predicted molar refractivity (Wildman–Crippen MR) is 85.6 cm³/mol. The minimum atomic E-state index is -1.44. The van der Waals surface area contributed by atoms with Crippen molar-refractivity contribution >= 4 is 28.9 Å². The number of rotatable bonds is 7. The maximum atomic E-state index is 11.2. The fourth-order valence-electron chi connectivity index (χ4n) is 2.79. The number of imidazole rings is 1. The summed E-state index contributed by atoms with van der Waals surface area (Å²) in [7, 11) is 0. The van der Waals surface area contributed by atoms with Crippen LogP contribution in [0.1, 0.15) is 12.6 Å². The lowest BCUT2D eigenvalue weighted by Crippen LogP contribution is -2.33. The smallest absolute Gasteiger partial charge is 0.326 e. The molecule has 27 heavy (non-hydrogen) atoms. The first kappa shape index (κ1) is 18.9. The molecule has 0 saturated carbocycles. The van der Waals surface area contributed by atoms with Crippen molar-refractivity contribution in [3.63, 3.8) is 0 Å². The second kappa shape index (κ2) is 7.40. The van der Waals surface area contributed by atoms with Gasteiger partial charge in [0.05, 0.1) is 19.4 Å². The fourth-order valence-corrected chi connectivity index (χ4v) is 2.79. The van der Waals surface area contributed by atoms with Crippen LogP contribution in [0.25, 0.3) is 11.2 Å². The molecule has 0 bridgehead atoms. The normalized spacial score (nSPS) is 26.2. The molecule has 1 aliphatic heterocycles. The van der Waals surface area contributed by atoms with E-state index >= 15 is 0 Å². The lowest BCUT2D eigenvalue weighted by molar-refractivity contribution is -0.144. The van der Waals surface area contributed by atoms with Crippen LogP contribution in [0.5, 0.6) is 0 Å². The van der Waals surface area contributed by atoms with Crippen LogP contribution in [-0.2, 0) is 14.3 Å². The van der Waals surface area contributed by atoms with E-state index in [4.69, 9.17) is 14.9 Å². The highest BCUT2D eigenvalue weighted by Gasteiger charge is 2.44. The van der Waals surface area contributed by atoms with Crippen molar-refractivity contribution in [2.75, 3.05) is 11.9 Å². The molecule has 0 spiro atoms. The zero-order chi connectivity index (χ0) is 19.7. The van der Waals surface area contributed by atoms with Crippen molar-refractivity contribution in [1.82, 2.24) is 19.5 Å². The number of aliphatic hydroxyl groups excluding tert-OH is 3. The molecule has 0 amide bonds. The van der Waals surface area contributed by atoms with Gasteiger partial charge in [-0.1, -0.05) is 0 Å². The monoisotopic (exact) mass is 383 g/mol. The highest BCUT2D eigenvalue weighted by molar-refractivity contribution is 5.88. The van der Waals surface area contributed by atoms with Crippen LogP contribution < -0.4 is 5.32 Å². The van der Waals surface area contributed by atoms with Crippen LogP contribution >= 0.6 is 0 Å². The van der Waals surface area contributed by atoms with Gasteiger partial charge in [-0.15, -0.1) is 0 Å². The second-order valence-electron chi connectivity index (χ2n) is 5.91. The number of fused-ring (bicyclic) bond motifs is 1. The molecule has 6 N–H and O–H groups in total. The molecule has 1 aliphatic rings. The van der Waals surface area contributed by atoms with Crippen molar-refractivity contribution in [2.24, 2.45) is 0 Å². The number of nitrogens with zero attached hydrogens (tertiary/aromatic N) is 4. The van der Waals surface area contributed by atoms with E-state index in [-0.39, 0.29) is 17.0 Å². The van der Waals surface area contributed by atoms with E-state index in [1.165, 1.54) is 10.9 Å². The van der Waals surface area contributed by atoms with Gasteiger partial charge in [-0.05, 0) is 0 Å². The number of carboxylic acids is 2. The lowest BCUT2D eigenvalue weighted by Gasteiger charge is -2.17.